The first-order valence-electron chi connectivity index (χ1n) is 15.0. The second-order valence-corrected chi connectivity index (χ2v) is 12.8. The highest BCUT2D eigenvalue weighted by Crippen LogP contribution is 2.45. The summed E-state index contributed by atoms with van der Waals surface area (Å²) in [4.78, 5) is 42.5. The van der Waals surface area contributed by atoms with Crippen molar-refractivity contribution in [1.29, 1.82) is 0 Å². The summed E-state index contributed by atoms with van der Waals surface area (Å²) in [5.41, 5.74) is 6.04. The van der Waals surface area contributed by atoms with E-state index in [2.05, 4.69) is 16.4 Å². The SMILES string of the molecule is Cc1cccc(C)c1N1C(=O)[C@@H]2[C@@H](N=NN2CC(=O)N2N=C3/C(=C/c4ccc(Cl)cc4)CCC[C@@H]3[C@H]2c2ccc(Cl)cc2)C1=O. The van der Waals surface area contributed by atoms with Crippen LogP contribution < -0.4 is 4.90 Å². The fraction of sp³-hybridized carbons (Fsp3) is 0.294. The number of rotatable bonds is 5. The van der Waals surface area contributed by atoms with Gasteiger partial charge in [0.25, 0.3) is 17.7 Å². The molecule has 4 atom stereocenters. The van der Waals surface area contributed by atoms with E-state index in [-0.39, 0.29) is 24.4 Å². The number of amides is 3. The van der Waals surface area contributed by atoms with E-state index >= 15 is 0 Å². The summed E-state index contributed by atoms with van der Waals surface area (Å²) < 4.78 is 0. The van der Waals surface area contributed by atoms with Crippen LogP contribution in [0.15, 0.2) is 87.7 Å². The largest absolute Gasteiger partial charge is 0.271 e. The van der Waals surface area contributed by atoms with Crippen LogP contribution in [0.1, 0.15) is 47.6 Å². The van der Waals surface area contributed by atoms with Gasteiger partial charge in [-0.25, -0.2) is 9.91 Å². The molecule has 4 aliphatic rings. The van der Waals surface area contributed by atoms with Gasteiger partial charge in [0.15, 0.2) is 12.1 Å². The van der Waals surface area contributed by atoms with E-state index in [0.29, 0.717) is 15.7 Å². The van der Waals surface area contributed by atoms with E-state index in [1.54, 1.807) is 0 Å². The summed E-state index contributed by atoms with van der Waals surface area (Å²) in [5, 5.41) is 17.4. The van der Waals surface area contributed by atoms with Crippen molar-refractivity contribution in [3.8, 4) is 0 Å². The lowest BCUT2D eigenvalue weighted by molar-refractivity contribution is -0.136. The summed E-state index contributed by atoms with van der Waals surface area (Å²) in [6.07, 6.45) is 4.75. The van der Waals surface area contributed by atoms with Crippen LogP contribution in [-0.4, -0.2) is 52.1 Å². The molecule has 1 aliphatic carbocycles. The average molecular weight is 642 g/mol. The summed E-state index contributed by atoms with van der Waals surface area (Å²) >= 11 is 12.3. The predicted molar refractivity (Wildman–Crippen MR) is 173 cm³/mol. The van der Waals surface area contributed by atoms with Crippen molar-refractivity contribution in [2.45, 2.75) is 51.2 Å². The van der Waals surface area contributed by atoms with Gasteiger partial charge in [0.05, 0.1) is 17.4 Å². The zero-order valence-corrected chi connectivity index (χ0v) is 26.2. The number of para-hydroxylation sites is 1. The van der Waals surface area contributed by atoms with Gasteiger partial charge in [0, 0.05) is 16.0 Å². The zero-order chi connectivity index (χ0) is 31.4. The predicted octanol–water partition coefficient (Wildman–Crippen LogP) is 6.73. The molecule has 228 valence electrons. The summed E-state index contributed by atoms with van der Waals surface area (Å²) in [6.45, 7) is 3.46. The lowest BCUT2D eigenvalue weighted by Crippen LogP contribution is -2.45. The molecule has 0 radical (unpaired) electrons. The third-order valence-corrected chi connectivity index (χ3v) is 9.50. The van der Waals surface area contributed by atoms with Gasteiger partial charge in [-0.05, 0) is 91.3 Å². The number of benzene rings is 3. The van der Waals surface area contributed by atoms with E-state index in [1.165, 1.54) is 14.9 Å². The Bertz CT molecular complexity index is 1780. The van der Waals surface area contributed by atoms with Crippen molar-refractivity contribution in [2.75, 3.05) is 11.4 Å². The molecule has 11 heteroatoms. The van der Waals surface area contributed by atoms with E-state index in [4.69, 9.17) is 28.3 Å². The Labute approximate surface area is 270 Å². The molecule has 0 unspecified atom stereocenters. The minimum absolute atomic E-state index is 0.0235. The number of imide groups is 1. The van der Waals surface area contributed by atoms with E-state index in [0.717, 1.165) is 52.8 Å². The van der Waals surface area contributed by atoms with Crippen molar-refractivity contribution in [2.24, 2.45) is 21.4 Å². The number of hydrogen-bond donors (Lipinski definition) is 0. The van der Waals surface area contributed by atoms with Gasteiger partial charge in [-0.1, -0.05) is 70.9 Å². The van der Waals surface area contributed by atoms with Gasteiger partial charge in [-0.3, -0.25) is 19.4 Å². The number of carbonyl (C=O) groups is 3. The molecule has 3 amide bonds. The van der Waals surface area contributed by atoms with Crippen LogP contribution >= 0.6 is 23.2 Å². The first-order valence-corrected chi connectivity index (χ1v) is 15.7. The van der Waals surface area contributed by atoms with E-state index in [1.807, 2.05) is 80.6 Å². The summed E-state index contributed by atoms with van der Waals surface area (Å²) in [5.74, 6) is -1.24. The molecular weight excluding hydrogens is 611 g/mol. The highest BCUT2D eigenvalue weighted by atomic mass is 35.5. The number of allylic oxidation sites excluding steroid dienone is 1. The van der Waals surface area contributed by atoms with Crippen LogP contribution in [0.2, 0.25) is 10.0 Å². The Balaban J connectivity index is 1.19. The van der Waals surface area contributed by atoms with Gasteiger partial charge in [-0.2, -0.15) is 10.2 Å². The second-order valence-electron chi connectivity index (χ2n) is 11.9. The van der Waals surface area contributed by atoms with Crippen molar-refractivity contribution in [3.05, 3.63) is 105 Å². The lowest BCUT2D eigenvalue weighted by atomic mass is 9.77. The van der Waals surface area contributed by atoms with Gasteiger partial charge in [0.2, 0.25) is 0 Å². The molecule has 3 heterocycles. The topological polar surface area (TPSA) is 98.0 Å². The number of carbonyl (C=O) groups excluding carboxylic acids is 3. The molecule has 0 N–H and O–H groups in total. The van der Waals surface area contributed by atoms with Crippen LogP contribution in [0.5, 0.6) is 0 Å². The quantitative estimate of drug-likeness (QED) is 0.289. The molecule has 3 aromatic rings. The number of anilines is 1. The molecule has 1 saturated carbocycles. The number of halogens is 2. The smallest absolute Gasteiger partial charge is 0.264 e. The third kappa shape index (κ3) is 5.14. The normalized spacial score (nSPS) is 24.8. The number of fused-ring (bicyclic) bond motifs is 2. The number of hydrogen-bond acceptors (Lipinski definition) is 7. The molecule has 0 spiro atoms. The molecule has 0 aromatic heterocycles. The Morgan fingerprint density at radius 2 is 1.58 bits per heavy atom. The Morgan fingerprint density at radius 1 is 0.911 bits per heavy atom. The third-order valence-electron chi connectivity index (χ3n) is 9.00. The van der Waals surface area contributed by atoms with Gasteiger partial charge >= 0.3 is 0 Å². The number of hydrazone groups is 1. The van der Waals surface area contributed by atoms with Crippen molar-refractivity contribution in [1.82, 2.24) is 10.0 Å². The molecular formula is C34H30Cl2N6O3. The zero-order valence-electron chi connectivity index (χ0n) is 24.7. The first-order chi connectivity index (χ1) is 21.7. The van der Waals surface area contributed by atoms with Gasteiger partial charge in [-0.15, -0.1) is 0 Å². The summed E-state index contributed by atoms with van der Waals surface area (Å²) in [6, 6.07) is 18.4. The van der Waals surface area contributed by atoms with Crippen LogP contribution in [0.25, 0.3) is 6.08 Å². The number of nitrogens with zero attached hydrogens (tertiary/aromatic N) is 6. The molecule has 7 rings (SSSR count). The van der Waals surface area contributed by atoms with Crippen LogP contribution in [-0.2, 0) is 14.4 Å². The molecule has 1 saturated heterocycles. The maximum atomic E-state index is 14.1. The monoisotopic (exact) mass is 640 g/mol. The average Bonchev–Trinajstić information content (AvgIpc) is 3.69. The van der Waals surface area contributed by atoms with Crippen LogP contribution in [0.4, 0.5) is 5.69 Å². The first kappa shape index (κ1) is 29.4. The Morgan fingerprint density at radius 3 is 2.27 bits per heavy atom. The lowest BCUT2D eigenvalue weighted by Gasteiger charge is -2.30. The van der Waals surface area contributed by atoms with E-state index in [9.17, 15) is 14.4 Å². The second kappa shape index (κ2) is 11.5. The Hall–Kier alpha value is -4.34. The fourth-order valence-electron chi connectivity index (χ4n) is 6.90. The number of aryl methyl sites for hydroxylation is 2. The minimum Gasteiger partial charge on any atom is -0.271 e. The van der Waals surface area contributed by atoms with Crippen LogP contribution in [0, 0.1) is 19.8 Å². The molecule has 9 nitrogen and oxygen atoms in total. The molecule has 2 fully saturated rings. The van der Waals surface area contributed by atoms with Crippen molar-refractivity contribution < 1.29 is 14.4 Å². The van der Waals surface area contributed by atoms with E-state index < -0.39 is 23.9 Å². The van der Waals surface area contributed by atoms with Gasteiger partial charge < -0.3 is 0 Å². The fourth-order valence-corrected chi connectivity index (χ4v) is 7.16. The molecule has 3 aliphatic heterocycles. The minimum atomic E-state index is -1.00. The maximum absolute atomic E-state index is 14.1. The highest BCUT2D eigenvalue weighted by molar-refractivity contribution is 6.31. The Kier molecular flexibility index (Phi) is 7.54. The molecule has 45 heavy (non-hydrogen) atoms. The summed E-state index contributed by atoms with van der Waals surface area (Å²) in [7, 11) is 0. The van der Waals surface area contributed by atoms with Crippen LogP contribution in [0.3, 0.4) is 0 Å². The molecule has 3 aromatic carbocycles. The van der Waals surface area contributed by atoms with Crippen molar-refractivity contribution in [3.63, 3.8) is 0 Å². The van der Waals surface area contributed by atoms with Gasteiger partial charge in [0.1, 0.15) is 6.54 Å². The van der Waals surface area contributed by atoms with Crippen molar-refractivity contribution >= 4 is 58.4 Å². The molecule has 0 bridgehead atoms. The highest BCUT2D eigenvalue weighted by Gasteiger charge is 2.56. The maximum Gasteiger partial charge on any atom is 0.264 e. The standard InChI is InChI=1S/C34H30Cl2N6O3/c1-19-5-3-6-20(2)30(19)41-33(44)29-32(34(41)45)40(39-37-29)18-27(43)42-31(22-11-15-25(36)16-12-22)26-8-4-7-23(28(26)38-42)17-21-9-13-24(35)14-10-21/h3,5-6,9-17,26,29,31-32H,4,7-8,18H2,1-2H3/b23-17+/t26-,29+,31+,32-/m0/s1.